The Kier molecular flexibility index (Phi) is 8.79. The molecule has 14 atom stereocenters. The molecule has 3 aliphatic rings. The molecule has 1 saturated carbocycles. The van der Waals surface area contributed by atoms with Gasteiger partial charge in [-0.05, 0) is 6.42 Å². The quantitative estimate of drug-likeness (QED) is 0.162. The Hall–Kier alpha value is -0.560. The van der Waals surface area contributed by atoms with E-state index in [1.807, 2.05) is 0 Å². The summed E-state index contributed by atoms with van der Waals surface area (Å²) in [5.41, 5.74) is 18.3. The Bertz CT molecular complexity index is 605. The smallest absolute Gasteiger partial charge is 0.187 e. The van der Waals surface area contributed by atoms with E-state index < -0.39 is 98.9 Å². The third kappa shape index (κ3) is 5.24. The van der Waals surface area contributed by atoms with Gasteiger partial charge in [-0.25, -0.2) is 0 Å². The van der Waals surface area contributed by atoms with Crippen molar-refractivity contribution in [2.45, 2.75) is 98.5 Å². The third-order valence-electron chi connectivity index (χ3n) is 6.32. The van der Waals surface area contributed by atoms with Crippen LogP contribution in [0.4, 0.5) is 0 Å². The second kappa shape index (κ2) is 10.8. The molecule has 8 unspecified atom stereocenters. The lowest BCUT2D eigenvalue weighted by molar-refractivity contribution is -0.287. The van der Waals surface area contributed by atoms with Gasteiger partial charge in [-0.15, -0.1) is 0 Å². The van der Waals surface area contributed by atoms with Gasteiger partial charge in [-0.2, -0.15) is 0 Å². The minimum Gasteiger partial charge on any atom is -0.394 e. The molecule has 14 nitrogen and oxygen atoms in total. The fraction of sp³-hybridized carbons (Fsp3) is 1.00. The van der Waals surface area contributed by atoms with Crippen molar-refractivity contribution in [3.8, 4) is 0 Å². The summed E-state index contributed by atoms with van der Waals surface area (Å²) in [7, 11) is 0. The van der Waals surface area contributed by atoms with E-state index in [4.69, 9.17) is 36.1 Å². The van der Waals surface area contributed by atoms with Crippen molar-refractivity contribution in [2.75, 3.05) is 13.2 Å². The molecule has 3 rings (SSSR count). The maximum atomic E-state index is 10.8. The monoisotopic (exact) mass is 469 g/mol. The van der Waals surface area contributed by atoms with Crippen LogP contribution >= 0.6 is 0 Å². The molecule has 2 saturated heterocycles. The van der Waals surface area contributed by atoms with Crippen molar-refractivity contribution in [3.05, 3.63) is 0 Å². The first kappa shape index (κ1) is 26.1. The van der Waals surface area contributed by atoms with E-state index in [2.05, 4.69) is 0 Å². The summed E-state index contributed by atoms with van der Waals surface area (Å²) < 4.78 is 22.2. The molecule has 1 aliphatic carbocycles. The van der Waals surface area contributed by atoms with Crippen LogP contribution < -0.4 is 17.2 Å². The summed E-state index contributed by atoms with van der Waals surface area (Å²) in [5, 5.41) is 69.3. The first-order chi connectivity index (χ1) is 15.1. The zero-order valence-electron chi connectivity index (χ0n) is 17.4. The average Bonchev–Trinajstić information content (AvgIpc) is 2.98. The van der Waals surface area contributed by atoms with E-state index in [-0.39, 0.29) is 12.8 Å². The van der Waals surface area contributed by atoms with Crippen LogP contribution in [0.3, 0.4) is 0 Å². The molecule has 2 aliphatic heterocycles. The van der Waals surface area contributed by atoms with E-state index in [9.17, 15) is 35.7 Å². The molecule has 0 amide bonds. The Morgan fingerprint density at radius 2 is 1.25 bits per heavy atom. The van der Waals surface area contributed by atoms with Crippen molar-refractivity contribution < 1.29 is 54.7 Å². The second-order valence-corrected chi connectivity index (χ2v) is 8.63. The minimum absolute atomic E-state index is 0.0808. The standard InChI is InChI=1S/C18H35N3O11/c19-5-1-6(20)16(32-17-11(21)14(27)12(25)9(3-22)30-17)7(24)2-8(5)29-18-15(28)13(26)10(4-23)31-18/h5-18,22-28H,1-4,19-21H2/t5-,6?,7?,8?,9?,10-,11?,12-,13?,14?,15?,16-,17-,18-/m1/s1. The van der Waals surface area contributed by atoms with E-state index in [0.29, 0.717) is 0 Å². The highest BCUT2D eigenvalue weighted by atomic mass is 16.7. The van der Waals surface area contributed by atoms with Crippen molar-refractivity contribution in [1.29, 1.82) is 0 Å². The van der Waals surface area contributed by atoms with Crippen LogP contribution in [-0.2, 0) is 18.9 Å². The molecule has 188 valence electrons. The lowest BCUT2D eigenvalue weighted by Crippen LogP contribution is -2.64. The van der Waals surface area contributed by atoms with E-state index in [1.54, 1.807) is 0 Å². The Balaban J connectivity index is 1.66. The average molecular weight is 469 g/mol. The molecule has 0 spiro atoms. The maximum Gasteiger partial charge on any atom is 0.187 e. The van der Waals surface area contributed by atoms with Gasteiger partial charge in [0.2, 0.25) is 0 Å². The SMILES string of the molecule is NC1C(O)[C@H](O)C(CO)O[C@@H]1O[C@@H]1C(N)C[C@@H](N)C(O[C@@H]2O[C@H](CO)C(O)C2O)CC1O. The molecule has 2 heterocycles. The molecule has 14 heteroatoms. The Morgan fingerprint density at radius 1 is 0.688 bits per heavy atom. The zero-order chi connectivity index (χ0) is 23.7. The summed E-state index contributed by atoms with van der Waals surface area (Å²) >= 11 is 0. The van der Waals surface area contributed by atoms with Crippen molar-refractivity contribution in [1.82, 2.24) is 0 Å². The number of aliphatic hydroxyl groups is 7. The lowest BCUT2D eigenvalue weighted by Gasteiger charge is -2.42. The lowest BCUT2D eigenvalue weighted by atomic mass is 9.97. The Labute approximate surface area is 184 Å². The van der Waals surface area contributed by atoms with Gasteiger partial charge in [0.25, 0.3) is 0 Å². The van der Waals surface area contributed by atoms with E-state index in [0.717, 1.165) is 0 Å². The van der Waals surface area contributed by atoms with Crippen LogP contribution in [0.5, 0.6) is 0 Å². The summed E-state index contributed by atoms with van der Waals surface area (Å²) in [4.78, 5) is 0. The normalized spacial score (nSPS) is 52.7. The van der Waals surface area contributed by atoms with Crippen molar-refractivity contribution in [2.24, 2.45) is 17.2 Å². The van der Waals surface area contributed by atoms with E-state index >= 15 is 0 Å². The van der Waals surface area contributed by atoms with Crippen LogP contribution in [-0.4, -0.2) is 135 Å². The first-order valence-corrected chi connectivity index (χ1v) is 10.6. The number of hydrogen-bond donors (Lipinski definition) is 10. The van der Waals surface area contributed by atoms with Crippen LogP contribution in [0.15, 0.2) is 0 Å². The van der Waals surface area contributed by atoms with Gasteiger partial charge in [0.1, 0.15) is 42.7 Å². The molecule has 0 aromatic heterocycles. The predicted molar refractivity (Wildman–Crippen MR) is 104 cm³/mol. The van der Waals surface area contributed by atoms with Gasteiger partial charge in [-0.3, -0.25) is 0 Å². The van der Waals surface area contributed by atoms with Crippen molar-refractivity contribution >= 4 is 0 Å². The fourth-order valence-electron chi connectivity index (χ4n) is 4.31. The number of hydrogen-bond acceptors (Lipinski definition) is 14. The summed E-state index contributed by atoms with van der Waals surface area (Å²) in [6.45, 7) is -1.11. The van der Waals surface area contributed by atoms with Crippen LogP contribution in [0.1, 0.15) is 12.8 Å². The van der Waals surface area contributed by atoms with Gasteiger partial charge < -0.3 is 71.9 Å². The summed E-state index contributed by atoms with van der Waals surface area (Å²) in [5.74, 6) is 0. The van der Waals surface area contributed by atoms with E-state index in [1.165, 1.54) is 0 Å². The molecular weight excluding hydrogens is 434 g/mol. The van der Waals surface area contributed by atoms with Crippen LogP contribution in [0.2, 0.25) is 0 Å². The van der Waals surface area contributed by atoms with Gasteiger partial charge in [0.05, 0.1) is 31.5 Å². The molecule has 3 fully saturated rings. The highest BCUT2D eigenvalue weighted by molar-refractivity contribution is 4.97. The number of nitrogens with two attached hydrogens (primary N) is 3. The van der Waals surface area contributed by atoms with Gasteiger partial charge >= 0.3 is 0 Å². The van der Waals surface area contributed by atoms with Crippen LogP contribution in [0.25, 0.3) is 0 Å². The number of aliphatic hydroxyl groups excluding tert-OH is 7. The molecule has 0 radical (unpaired) electrons. The molecule has 0 aromatic rings. The highest BCUT2D eigenvalue weighted by Crippen LogP contribution is 2.30. The molecule has 0 aromatic carbocycles. The Morgan fingerprint density at radius 3 is 1.84 bits per heavy atom. The second-order valence-electron chi connectivity index (χ2n) is 8.63. The van der Waals surface area contributed by atoms with Gasteiger partial charge in [0.15, 0.2) is 12.6 Å². The predicted octanol–water partition coefficient (Wildman–Crippen LogP) is -6.23. The molecular formula is C18H35N3O11. The summed E-state index contributed by atoms with van der Waals surface area (Å²) in [6.07, 6.45) is -13.4. The van der Waals surface area contributed by atoms with Crippen molar-refractivity contribution in [3.63, 3.8) is 0 Å². The van der Waals surface area contributed by atoms with Gasteiger partial charge in [0, 0.05) is 18.5 Å². The third-order valence-corrected chi connectivity index (χ3v) is 6.32. The van der Waals surface area contributed by atoms with Gasteiger partial charge in [-0.1, -0.05) is 0 Å². The molecule has 0 bridgehead atoms. The topological polar surface area (TPSA) is 257 Å². The number of rotatable bonds is 6. The summed E-state index contributed by atoms with van der Waals surface area (Å²) in [6, 6.07) is -2.67. The maximum absolute atomic E-state index is 10.8. The molecule has 13 N–H and O–H groups in total. The minimum atomic E-state index is -1.43. The number of ether oxygens (including phenoxy) is 4. The fourth-order valence-corrected chi connectivity index (χ4v) is 4.31. The zero-order valence-corrected chi connectivity index (χ0v) is 17.4. The molecule has 32 heavy (non-hydrogen) atoms. The first-order valence-electron chi connectivity index (χ1n) is 10.6. The highest BCUT2D eigenvalue weighted by Gasteiger charge is 2.48. The van der Waals surface area contributed by atoms with Crippen LogP contribution in [0, 0.1) is 0 Å². The largest absolute Gasteiger partial charge is 0.394 e.